The first-order valence-electron chi connectivity index (χ1n) is 7.39. The molecule has 106 valence electrons. The summed E-state index contributed by atoms with van der Waals surface area (Å²) in [5.41, 5.74) is 0. The van der Waals surface area contributed by atoms with Gasteiger partial charge in [0.25, 0.3) is 11.8 Å². The highest BCUT2D eigenvalue weighted by molar-refractivity contribution is 7.11. The first-order valence-corrected chi connectivity index (χ1v) is 8.27. The maximum absolute atomic E-state index is 12.6. The fourth-order valence-electron chi connectivity index (χ4n) is 4.53. The molecule has 4 aliphatic carbocycles. The van der Waals surface area contributed by atoms with Gasteiger partial charge in [-0.2, -0.15) is 10.1 Å². The van der Waals surface area contributed by atoms with Crippen LogP contribution in [0.25, 0.3) is 0 Å². The van der Waals surface area contributed by atoms with Gasteiger partial charge in [0.1, 0.15) is 0 Å². The summed E-state index contributed by atoms with van der Waals surface area (Å²) in [5, 5.41) is 7.26. The van der Waals surface area contributed by atoms with Gasteiger partial charge in [0.15, 0.2) is 0 Å². The summed E-state index contributed by atoms with van der Waals surface area (Å²) in [4.78, 5) is 26.2. The van der Waals surface area contributed by atoms with E-state index in [9.17, 15) is 9.59 Å². The minimum Gasteiger partial charge on any atom is -0.272 e. The fourth-order valence-corrected chi connectivity index (χ4v) is 5.11. The van der Waals surface area contributed by atoms with Crippen molar-refractivity contribution in [3.8, 4) is 0 Å². The van der Waals surface area contributed by atoms with Crippen LogP contribution >= 0.6 is 11.3 Å². The van der Waals surface area contributed by atoms with Gasteiger partial charge in [-0.1, -0.05) is 18.2 Å². The summed E-state index contributed by atoms with van der Waals surface area (Å²) in [5.74, 6) is 1.31. The quantitative estimate of drug-likeness (QED) is 0.477. The van der Waals surface area contributed by atoms with Crippen LogP contribution in [0.1, 0.15) is 11.3 Å². The van der Waals surface area contributed by atoms with Crippen molar-refractivity contribution in [3.05, 3.63) is 34.5 Å². The molecular formula is C16H14N2O2S. The van der Waals surface area contributed by atoms with E-state index in [1.54, 1.807) is 17.6 Å². The fraction of sp³-hybridized carbons (Fsp3) is 0.438. The minimum atomic E-state index is -0.156. The lowest BCUT2D eigenvalue weighted by molar-refractivity contribution is -0.140. The molecule has 4 nitrogen and oxygen atoms in total. The van der Waals surface area contributed by atoms with Crippen LogP contribution < -0.4 is 0 Å². The molecule has 2 bridgehead atoms. The number of imide groups is 1. The first-order chi connectivity index (χ1) is 10.3. The van der Waals surface area contributed by atoms with Gasteiger partial charge >= 0.3 is 0 Å². The van der Waals surface area contributed by atoms with Crippen LogP contribution in [-0.4, -0.2) is 23.0 Å². The highest BCUT2D eigenvalue weighted by atomic mass is 32.1. The molecule has 0 aromatic carbocycles. The number of allylic oxidation sites excluding steroid dienone is 2. The predicted octanol–water partition coefficient (Wildman–Crippen LogP) is 2.14. The zero-order valence-electron chi connectivity index (χ0n) is 11.3. The Balaban J connectivity index is 1.48. The van der Waals surface area contributed by atoms with Gasteiger partial charge in [-0.05, 0) is 41.5 Å². The number of hydrazone groups is 1. The lowest BCUT2D eigenvalue weighted by Gasteiger charge is -2.37. The second-order valence-corrected chi connectivity index (χ2v) is 7.38. The molecule has 0 unspecified atom stereocenters. The lowest BCUT2D eigenvalue weighted by atomic mass is 9.63. The predicted molar refractivity (Wildman–Crippen MR) is 78.5 cm³/mol. The van der Waals surface area contributed by atoms with Crippen molar-refractivity contribution in [3.63, 3.8) is 0 Å². The van der Waals surface area contributed by atoms with Crippen LogP contribution in [0.2, 0.25) is 0 Å². The van der Waals surface area contributed by atoms with Gasteiger partial charge in [-0.25, -0.2) is 0 Å². The standard InChI is InChI=1S/C16H14N2O2S/c19-15-13-9-3-4-10(12-6-11(9)12)14(13)16(20)18(15)17-7-8-2-1-5-21-8/h1-5,7,9-14H,6H2/b17-7-/t9-,10-,11-,12-,13-,14+/m1/s1. The highest BCUT2D eigenvalue weighted by Crippen LogP contribution is 2.65. The molecule has 0 N–H and O–H groups in total. The third kappa shape index (κ3) is 1.47. The average Bonchev–Trinajstić information content (AvgIpc) is 3.10. The molecule has 0 spiro atoms. The van der Waals surface area contributed by atoms with Crippen LogP contribution in [0.4, 0.5) is 0 Å². The number of carbonyl (C=O) groups is 2. The van der Waals surface area contributed by atoms with Gasteiger partial charge in [-0.3, -0.25) is 9.59 Å². The second-order valence-electron chi connectivity index (χ2n) is 6.40. The molecular weight excluding hydrogens is 284 g/mol. The molecule has 6 rings (SSSR count). The normalized spacial score (nSPS) is 42.8. The topological polar surface area (TPSA) is 49.7 Å². The van der Waals surface area contributed by atoms with E-state index in [1.165, 1.54) is 6.42 Å². The average molecular weight is 298 g/mol. The molecule has 1 aliphatic heterocycles. The number of amides is 2. The number of hydrogen-bond donors (Lipinski definition) is 0. The molecule has 0 radical (unpaired) electrons. The number of nitrogens with zero attached hydrogens (tertiary/aromatic N) is 2. The Kier molecular flexibility index (Phi) is 2.21. The zero-order valence-corrected chi connectivity index (χ0v) is 12.1. The van der Waals surface area contributed by atoms with Crippen molar-refractivity contribution < 1.29 is 9.59 Å². The Morgan fingerprint density at radius 1 is 1.14 bits per heavy atom. The summed E-state index contributed by atoms with van der Waals surface area (Å²) in [6, 6.07) is 3.85. The Morgan fingerprint density at radius 2 is 1.81 bits per heavy atom. The monoisotopic (exact) mass is 298 g/mol. The molecule has 6 atom stereocenters. The summed E-state index contributed by atoms with van der Waals surface area (Å²) >= 11 is 1.54. The van der Waals surface area contributed by atoms with Crippen LogP contribution in [0.5, 0.6) is 0 Å². The van der Waals surface area contributed by atoms with Gasteiger partial charge < -0.3 is 0 Å². The molecule has 5 heteroatoms. The van der Waals surface area contributed by atoms with Crippen molar-refractivity contribution in [1.82, 2.24) is 5.01 Å². The zero-order chi connectivity index (χ0) is 14.1. The number of thiophene rings is 1. The second kappa shape index (κ2) is 3.91. The van der Waals surface area contributed by atoms with Crippen LogP contribution in [0, 0.1) is 35.5 Å². The van der Waals surface area contributed by atoms with Crippen LogP contribution in [-0.2, 0) is 9.59 Å². The molecule has 2 saturated carbocycles. The third-order valence-electron chi connectivity index (χ3n) is 5.48. The number of hydrogen-bond acceptors (Lipinski definition) is 4. The molecule has 3 fully saturated rings. The van der Waals surface area contributed by atoms with Crippen LogP contribution in [0.3, 0.4) is 0 Å². The van der Waals surface area contributed by atoms with Gasteiger partial charge in [0, 0.05) is 4.88 Å². The van der Waals surface area contributed by atoms with Crippen molar-refractivity contribution in [2.75, 3.05) is 0 Å². The maximum atomic E-state index is 12.6. The Hall–Kier alpha value is -1.75. The van der Waals surface area contributed by atoms with E-state index in [1.807, 2.05) is 17.5 Å². The Bertz CT molecular complexity index is 657. The molecule has 21 heavy (non-hydrogen) atoms. The first kappa shape index (κ1) is 11.9. The SMILES string of the molecule is O=C1[C@@H]2[C@@H]3C=C[C@H]([C@H]4C[C@H]34)[C@@H]2C(=O)N1/N=C\c1cccs1. The van der Waals surface area contributed by atoms with Crippen molar-refractivity contribution >= 4 is 29.4 Å². The Morgan fingerprint density at radius 3 is 2.38 bits per heavy atom. The van der Waals surface area contributed by atoms with Crippen molar-refractivity contribution in [2.24, 2.45) is 40.6 Å². The molecule has 2 amide bonds. The largest absolute Gasteiger partial charge is 0.272 e. The number of carbonyl (C=O) groups excluding carboxylic acids is 2. The van der Waals surface area contributed by atoms with Gasteiger partial charge in [-0.15, -0.1) is 11.3 Å². The Labute approximate surface area is 126 Å². The maximum Gasteiger partial charge on any atom is 0.254 e. The molecule has 5 aliphatic rings. The summed E-state index contributed by atoms with van der Waals surface area (Å²) in [6.07, 6.45) is 7.16. The highest BCUT2D eigenvalue weighted by Gasteiger charge is 2.67. The lowest BCUT2D eigenvalue weighted by Crippen LogP contribution is -2.40. The summed E-state index contributed by atoms with van der Waals surface area (Å²) < 4.78 is 0. The third-order valence-corrected chi connectivity index (χ3v) is 6.29. The summed E-state index contributed by atoms with van der Waals surface area (Å²) in [7, 11) is 0. The van der Waals surface area contributed by atoms with Crippen LogP contribution in [0.15, 0.2) is 34.8 Å². The summed E-state index contributed by atoms with van der Waals surface area (Å²) in [6.45, 7) is 0. The van der Waals surface area contributed by atoms with Gasteiger partial charge in [0.2, 0.25) is 0 Å². The molecule has 1 aromatic heterocycles. The van der Waals surface area contributed by atoms with Gasteiger partial charge in [0.05, 0.1) is 18.1 Å². The van der Waals surface area contributed by atoms with E-state index in [0.717, 1.165) is 9.89 Å². The number of rotatable bonds is 2. The van der Waals surface area contributed by atoms with Crippen molar-refractivity contribution in [2.45, 2.75) is 6.42 Å². The smallest absolute Gasteiger partial charge is 0.254 e. The van der Waals surface area contributed by atoms with E-state index in [2.05, 4.69) is 17.3 Å². The minimum absolute atomic E-state index is 0.0949. The van der Waals surface area contributed by atoms with Crippen molar-refractivity contribution in [1.29, 1.82) is 0 Å². The molecule has 1 saturated heterocycles. The molecule has 2 heterocycles. The molecule has 1 aromatic rings. The van der Waals surface area contributed by atoms with E-state index in [-0.39, 0.29) is 35.5 Å². The van der Waals surface area contributed by atoms with E-state index in [0.29, 0.717) is 11.8 Å². The van der Waals surface area contributed by atoms with E-state index in [4.69, 9.17) is 0 Å². The van der Waals surface area contributed by atoms with E-state index < -0.39 is 0 Å². The van der Waals surface area contributed by atoms with E-state index >= 15 is 0 Å².